The average Bonchev–Trinajstić information content (AvgIpc) is 2.66. The van der Waals surface area contributed by atoms with Crippen molar-refractivity contribution in [2.45, 2.75) is 50.6 Å². The van der Waals surface area contributed by atoms with Crippen LogP contribution in [0, 0.1) is 0 Å². The van der Waals surface area contributed by atoms with Crippen molar-refractivity contribution in [1.82, 2.24) is 10.2 Å². The summed E-state index contributed by atoms with van der Waals surface area (Å²) in [5, 5.41) is 2.99. The minimum atomic E-state index is -0.521. The third-order valence-corrected chi connectivity index (χ3v) is 5.25. The van der Waals surface area contributed by atoms with Crippen LogP contribution in [-0.4, -0.2) is 40.6 Å². The van der Waals surface area contributed by atoms with Crippen LogP contribution in [0.25, 0.3) is 0 Å². The summed E-state index contributed by atoms with van der Waals surface area (Å²) in [6.07, 6.45) is 0.718. The van der Waals surface area contributed by atoms with E-state index in [4.69, 9.17) is 0 Å². The maximum absolute atomic E-state index is 13.0. The zero-order valence-electron chi connectivity index (χ0n) is 17.1. The van der Waals surface area contributed by atoms with Crippen molar-refractivity contribution in [3.8, 4) is 0 Å². The van der Waals surface area contributed by atoms with Crippen molar-refractivity contribution >= 4 is 23.6 Å². The van der Waals surface area contributed by atoms with Gasteiger partial charge in [-0.1, -0.05) is 48.5 Å². The van der Waals surface area contributed by atoms with Gasteiger partial charge in [0.05, 0.1) is 5.75 Å². The Kier molecular flexibility index (Phi) is 8.12. The maximum Gasteiger partial charge on any atom is 0.242 e. The van der Waals surface area contributed by atoms with Gasteiger partial charge in [0.2, 0.25) is 11.8 Å². The van der Waals surface area contributed by atoms with Crippen LogP contribution in [0.2, 0.25) is 0 Å². The molecular weight excluding hydrogens is 368 g/mol. The summed E-state index contributed by atoms with van der Waals surface area (Å²) in [6, 6.07) is 19.4. The average molecular weight is 399 g/mol. The molecule has 0 fully saturated rings. The molecule has 0 aliphatic heterocycles. The van der Waals surface area contributed by atoms with Gasteiger partial charge in [0, 0.05) is 17.0 Å². The summed E-state index contributed by atoms with van der Waals surface area (Å²) in [5.41, 5.74) is 0.817. The Hall–Kier alpha value is -2.27. The lowest BCUT2D eigenvalue weighted by Gasteiger charge is -2.31. The first-order valence-corrected chi connectivity index (χ1v) is 10.6. The second-order valence-electron chi connectivity index (χ2n) is 7.84. The number of hydrogen-bond donors (Lipinski definition) is 1. The van der Waals surface area contributed by atoms with Gasteiger partial charge in [-0.15, -0.1) is 11.8 Å². The largest absolute Gasteiger partial charge is 0.350 e. The quantitative estimate of drug-likeness (QED) is 0.680. The fourth-order valence-corrected chi connectivity index (χ4v) is 3.59. The number of hydrogen-bond acceptors (Lipinski definition) is 3. The number of thioether (sulfide) groups is 1. The van der Waals surface area contributed by atoms with E-state index in [0.717, 1.165) is 16.9 Å². The van der Waals surface area contributed by atoms with Gasteiger partial charge in [-0.3, -0.25) is 9.59 Å². The predicted molar refractivity (Wildman–Crippen MR) is 116 cm³/mol. The van der Waals surface area contributed by atoms with E-state index in [1.54, 1.807) is 11.8 Å². The Balaban J connectivity index is 2.07. The molecule has 0 aliphatic carbocycles. The van der Waals surface area contributed by atoms with Crippen molar-refractivity contribution in [3.63, 3.8) is 0 Å². The first-order valence-electron chi connectivity index (χ1n) is 9.59. The molecule has 0 aliphatic rings. The summed E-state index contributed by atoms with van der Waals surface area (Å²) in [5.74, 6) is 0.159. The van der Waals surface area contributed by atoms with Crippen molar-refractivity contribution < 1.29 is 9.59 Å². The maximum atomic E-state index is 13.0. The fourth-order valence-electron chi connectivity index (χ4n) is 2.79. The molecule has 2 amide bonds. The molecule has 0 heterocycles. The first kappa shape index (κ1) is 22.0. The number of rotatable bonds is 8. The molecule has 150 valence electrons. The van der Waals surface area contributed by atoms with Gasteiger partial charge in [-0.05, 0) is 51.8 Å². The van der Waals surface area contributed by atoms with Crippen molar-refractivity contribution in [2.24, 2.45) is 0 Å². The summed E-state index contributed by atoms with van der Waals surface area (Å²) in [4.78, 5) is 28.4. The highest BCUT2D eigenvalue weighted by molar-refractivity contribution is 8.00. The number of amides is 2. The van der Waals surface area contributed by atoms with Crippen LogP contribution in [0.3, 0.4) is 0 Å². The number of carbonyl (C=O) groups is 2. The highest BCUT2D eigenvalue weighted by Gasteiger charge is 2.27. The minimum absolute atomic E-state index is 0.0265. The monoisotopic (exact) mass is 398 g/mol. The normalized spacial score (nSPS) is 12.3. The van der Waals surface area contributed by atoms with Gasteiger partial charge in [-0.2, -0.15) is 0 Å². The van der Waals surface area contributed by atoms with Crippen LogP contribution in [0.1, 0.15) is 33.3 Å². The highest BCUT2D eigenvalue weighted by atomic mass is 32.2. The molecular formula is C23H30N2O2S. The Labute approximate surface area is 172 Å². The zero-order chi connectivity index (χ0) is 20.6. The number of carbonyl (C=O) groups excluding carboxylic acids is 2. The van der Waals surface area contributed by atoms with Crippen molar-refractivity contribution in [1.29, 1.82) is 0 Å². The molecule has 0 saturated heterocycles. The lowest BCUT2D eigenvalue weighted by atomic mass is 10.1. The first-order chi connectivity index (χ1) is 13.3. The number of nitrogens with zero attached hydrogens (tertiary/aromatic N) is 1. The van der Waals surface area contributed by atoms with Crippen LogP contribution in [0.4, 0.5) is 0 Å². The van der Waals surface area contributed by atoms with Crippen LogP contribution >= 0.6 is 11.8 Å². The van der Waals surface area contributed by atoms with Gasteiger partial charge in [0.1, 0.15) is 6.04 Å². The molecule has 0 radical (unpaired) electrons. The summed E-state index contributed by atoms with van der Waals surface area (Å²) in [7, 11) is 0. The molecule has 4 nitrogen and oxygen atoms in total. The molecule has 2 rings (SSSR count). The minimum Gasteiger partial charge on any atom is -0.350 e. The highest BCUT2D eigenvalue weighted by Crippen LogP contribution is 2.18. The van der Waals surface area contributed by atoms with E-state index in [-0.39, 0.29) is 17.4 Å². The zero-order valence-corrected chi connectivity index (χ0v) is 18.0. The van der Waals surface area contributed by atoms with E-state index < -0.39 is 6.04 Å². The summed E-state index contributed by atoms with van der Waals surface area (Å²) in [6.45, 7) is 8.14. The predicted octanol–water partition coefficient (Wildman–Crippen LogP) is 4.15. The van der Waals surface area contributed by atoms with Gasteiger partial charge in [-0.25, -0.2) is 0 Å². The van der Waals surface area contributed by atoms with Gasteiger partial charge in [0.15, 0.2) is 0 Å². The van der Waals surface area contributed by atoms with Crippen molar-refractivity contribution in [2.75, 3.05) is 12.3 Å². The Morgan fingerprint density at radius 3 is 2.14 bits per heavy atom. The Morgan fingerprint density at radius 2 is 1.57 bits per heavy atom. The standard InChI is InChI=1S/C23H30N2O2S/c1-18(22(27)24-23(2,3)4)25(16-15-19-11-7-5-8-12-19)21(26)17-28-20-13-9-6-10-14-20/h5-14,18H,15-17H2,1-4H3,(H,24,27)/t18-/m0/s1. The van der Waals surface area contributed by atoms with E-state index in [0.29, 0.717) is 12.3 Å². The van der Waals surface area contributed by atoms with Crippen molar-refractivity contribution in [3.05, 3.63) is 66.2 Å². The van der Waals surface area contributed by atoms with Crippen LogP contribution in [-0.2, 0) is 16.0 Å². The lowest BCUT2D eigenvalue weighted by Crippen LogP contribution is -2.53. The SMILES string of the molecule is C[C@@H](C(=O)NC(C)(C)C)N(CCc1ccccc1)C(=O)CSc1ccccc1. The number of benzene rings is 2. The van der Waals surface area contributed by atoms with Gasteiger partial charge < -0.3 is 10.2 Å². The van der Waals surface area contributed by atoms with Crippen LogP contribution in [0.5, 0.6) is 0 Å². The topological polar surface area (TPSA) is 49.4 Å². The molecule has 5 heteroatoms. The second-order valence-corrected chi connectivity index (χ2v) is 8.89. The smallest absolute Gasteiger partial charge is 0.242 e. The Bertz CT molecular complexity index is 757. The number of nitrogens with one attached hydrogen (secondary N) is 1. The molecule has 0 bridgehead atoms. The summed E-state index contributed by atoms with van der Waals surface area (Å²) < 4.78 is 0. The Morgan fingerprint density at radius 1 is 1.00 bits per heavy atom. The van der Waals surface area contributed by atoms with E-state index in [9.17, 15) is 9.59 Å². The lowest BCUT2D eigenvalue weighted by molar-refractivity contribution is -0.138. The van der Waals surface area contributed by atoms with E-state index in [1.165, 1.54) is 11.8 Å². The van der Waals surface area contributed by atoms with E-state index in [1.807, 2.05) is 81.4 Å². The molecule has 0 spiro atoms. The van der Waals surface area contributed by atoms with Crippen LogP contribution < -0.4 is 5.32 Å². The molecule has 0 unspecified atom stereocenters. The molecule has 1 N–H and O–H groups in total. The molecule has 0 saturated carbocycles. The molecule has 28 heavy (non-hydrogen) atoms. The van der Waals surface area contributed by atoms with Gasteiger partial charge >= 0.3 is 0 Å². The molecule has 2 aromatic carbocycles. The third kappa shape index (κ3) is 7.39. The van der Waals surface area contributed by atoms with E-state index >= 15 is 0 Å². The van der Waals surface area contributed by atoms with Gasteiger partial charge in [0.25, 0.3) is 0 Å². The second kappa shape index (κ2) is 10.3. The fraction of sp³-hybridized carbons (Fsp3) is 0.391. The third-order valence-electron chi connectivity index (χ3n) is 4.26. The summed E-state index contributed by atoms with van der Waals surface area (Å²) >= 11 is 1.50. The molecule has 2 aromatic rings. The van der Waals surface area contributed by atoms with E-state index in [2.05, 4.69) is 5.32 Å². The molecule has 0 aromatic heterocycles. The molecule has 1 atom stereocenters. The van der Waals surface area contributed by atoms with Crippen LogP contribution in [0.15, 0.2) is 65.6 Å².